The Morgan fingerprint density at radius 1 is 1.12 bits per heavy atom. The summed E-state index contributed by atoms with van der Waals surface area (Å²) < 4.78 is 26.4. The van der Waals surface area contributed by atoms with Gasteiger partial charge in [-0.3, -0.25) is 0 Å². The summed E-state index contributed by atoms with van der Waals surface area (Å²) in [6.45, 7) is 6.18. The Morgan fingerprint density at radius 2 is 1.71 bits per heavy atom. The minimum absolute atomic E-state index is 0.0279. The third-order valence-electron chi connectivity index (χ3n) is 2.67. The fourth-order valence-electron chi connectivity index (χ4n) is 1.93. The largest absolute Gasteiger partial charge is 0.308 e. The first kappa shape index (κ1) is 14.1. The number of hydrogen-bond acceptors (Lipinski definition) is 1. The molecule has 1 aromatic rings. The summed E-state index contributed by atoms with van der Waals surface area (Å²) in [5.41, 5.74) is 0.699. The van der Waals surface area contributed by atoms with Crippen molar-refractivity contribution < 1.29 is 8.78 Å². The summed E-state index contributed by atoms with van der Waals surface area (Å²) in [5.74, 6) is -1.01. The molecule has 0 aliphatic heterocycles. The fraction of sp³-hybridized carbons (Fsp3) is 0.571. The van der Waals surface area contributed by atoms with Crippen molar-refractivity contribution in [3.63, 3.8) is 0 Å². The van der Waals surface area contributed by atoms with Gasteiger partial charge in [-0.05, 0) is 24.1 Å². The van der Waals surface area contributed by atoms with Gasteiger partial charge in [0.15, 0.2) is 0 Å². The van der Waals surface area contributed by atoms with Crippen molar-refractivity contribution in [3.05, 3.63) is 35.4 Å². The van der Waals surface area contributed by atoms with E-state index in [1.807, 2.05) is 13.8 Å². The van der Waals surface area contributed by atoms with Crippen molar-refractivity contribution >= 4 is 0 Å². The molecule has 0 aliphatic rings. The molecular formula is C14H21F2N. The first-order valence-electron chi connectivity index (χ1n) is 6.25. The summed E-state index contributed by atoms with van der Waals surface area (Å²) in [5, 5.41) is 3.35. The zero-order valence-corrected chi connectivity index (χ0v) is 10.8. The van der Waals surface area contributed by atoms with Crippen LogP contribution in [0.2, 0.25) is 0 Å². The van der Waals surface area contributed by atoms with Gasteiger partial charge in [-0.25, -0.2) is 8.78 Å². The molecule has 0 saturated heterocycles. The summed E-state index contributed by atoms with van der Waals surface area (Å²) in [6.07, 6.45) is 3.02. The van der Waals surface area contributed by atoms with Crippen molar-refractivity contribution in [3.8, 4) is 0 Å². The zero-order chi connectivity index (χ0) is 12.8. The van der Waals surface area contributed by atoms with Gasteiger partial charge in [0.1, 0.15) is 11.6 Å². The lowest BCUT2D eigenvalue weighted by molar-refractivity contribution is 0.435. The van der Waals surface area contributed by atoms with E-state index in [1.165, 1.54) is 12.1 Å². The van der Waals surface area contributed by atoms with Crippen molar-refractivity contribution in [2.75, 3.05) is 0 Å². The van der Waals surface area contributed by atoms with Gasteiger partial charge in [0.2, 0.25) is 0 Å². The normalized spacial score (nSPS) is 13.1. The molecule has 0 aromatic heterocycles. The number of nitrogens with one attached hydrogen (secondary N) is 1. The van der Waals surface area contributed by atoms with Gasteiger partial charge in [0.25, 0.3) is 0 Å². The summed E-state index contributed by atoms with van der Waals surface area (Å²) in [4.78, 5) is 0. The Bertz CT molecular complexity index is 330. The minimum Gasteiger partial charge on any atom is -0.308 e. The molecule has 1 atom stereocenters. The van der Waals surface area contributed by atoms with Gasteiger partial charge in [0, 0.05) is 18.2 Å². The molecule has 0 aliphatic carbocycles. The Morgan fingerprint density at radius 3 is 2.18 bits per heavy atom. The van der Waals surface area contributed by atoms with Crippen LogP contribution in [-0.4, -0.2) is 6.04 Å². The van der Waals surface area contributed by atoms with Crippen LogP contribution < -0.4 is 5.32 Å². The highest BCUT2D eigenvalue weighted by molar-refractivity contribution is 5.21. The lowest BCUT2D eigenvalue weighted by Gasteiger charge is -2.21. The maximum absolute atomic E-state index is 13.2. The molecule has 17 heavy (non-hydrogen) atoms. The SMILES string of the molecule is CCCCC(NC(C)C)c1cc(F)cc(F)c1. The van der Waals surface area contributed by atoms with Gasteiger partial charge >= 0.3 is 0 Å². The second-order valence-corrected chi connectivity index (χ2v) is 4.72. The van der Waals surface area contributed by atoms with E-state index in [1.54, 1.807) is 0 Å². The zero-order valence-electron chi connectivity index (χ0n) is 10.8. The minimum atomic E-state index is -0.507. The summed E-state index contributed by atoms with van der Waals surface area (Å²) >= 11 is 0. The lowest BCUT2D eigenvalue weighted by Crippen LogP contribution is -2.28. The van der Waals surface area contributed by atoms with E-state index >= 15 is 0 Å². The predicted octanol–water partition coefficient (Wildman–Crippen LogP) is 4.19. The second-order valence-electron chi connectivity index (χ2n) is 4.72. The summed E-state index contributed by atoms with van der Waals surface area (Å²) in [7, 11) is 0. The van der Waals surface area contributed by atoms with Crippen LogP contribution in [0.3, 0.4) is 0 Å². The van der Waals surface area contributed by atoms with E-state index in [-0.39, 0.29) is 6.04 Å². The Kier molecular flexibility index (Phi) is 5.56. The van der Waals surface area contributed by atoms with E-state index in [9.17, 15) is 8.78 Å². The average molecular weight is 241 g/mol. The third kappa shape index (κ3) is 4.82. The Balaban J connectivity index is 2.86. The second kappa shape index (κ2) is 6.70. The molecule has 0 fully saturated rings. The van der Waals surface area contributed by atoms with Crippen molar-refractivity contribution in [2.24, 2.45) is 0 Å². The highest BCUT2D eigenvalue weighted by Gasteiger charge is 2.14. The molecule has 0 radical (unpaired) electrons. The number of hydrogen-bond donors (Lipinski definition) is 1. The highest BCUT2D eigenvalue weighted by atomic mass is 19.1. The van der Waals surface area contributed by atoms with Crippen LogP contribution in [0.4, 0.5) is 8.78 Å². The van der Waals surface area contributed by atoms with Gasteiger partial charge in [-0.1, -0.05) is 33.6 Å². The van der Waals surface area contributed by atoms with E-state index in [0.717, 1.165) is 25.3 Å². The number of benzene rings is 1. The molecule has 0 spiro atoms. The quantitative estimate of drug-likeness (QED) is 0.787. The fourth-order valence-corrected chi connectivity index (χ4v) is 1.93. The molecule has 1 aromatic carbocycles. The van der Waals surface area contributed by atoms with E-state index in [0.29, 0.717) is 11.6 Å². The molecule has 96 valence electrons. The van der Waals surface area contributed by atoms with Gasteiger partial charge < -0.3 is 5.32 Å². The average Bonchev–Trinajstić information content (AvgIpc) is 2.22. The van der Waals surface area contributed by atoms with E-state index < -0.39 is 11.6 Å². The maximum Gasteiger partial charge on any atom is 0.126 e. The van der Waals surface area contributed by atoms with Gasteiger partial charge in [-0.15, -0.1) is 0 Å². The van der Waals surface area contributed by atoms with Crippen LogP contribution in [0.15, 0.2) is 18.2 Å². The molecule has 1 unspecified atom stereocenters. The molecule has 1 nitrogen and oxygen atoms in total. The van der Waals surface area contributed by atoms with Crippen molar-refractivity contribution in [1.29, 1.82) is 0 Å². The van der Waals surface area contributed by atoms with Crippen LogP contribution >= 0.6 is 0 Å². The maximum atomic E-state index is 13.2. The van der Waals surface area contributed by atoms with Crippen molar-refractivity contribution in [2.45, 2.75) is 52.1 Å². The van der Waals surface area contributed by atoms with Crippen LogP contribution in [0, 0.1) is 11.6 Å². The first-order chi connectivity index (χ1) is 8.02. The van der Waals surface area contributed by atoms with Crippen LogP contribution in [0.1, 0.15) is 51.6 Å². The number of halogens is 2. The van der Waals surface area contributed by atoms with Gasteiger partial charge in [0.05, 0.1) is 0 Å². The molecule has 0 amide bonds. The molecular weight excluding hydrogens is 220 g/mol. The van der Waals surface area contributed by atoms with E-state index in [2.05, 4.69) is 12.2 Å². The van der Waals surface area contributed by atoms with Crippen LogP contribution in [-0.2, 0) is 0 Å². The van der Waals surface area contributed by atoms with E-state index in [4.69, 9.17) is 0 Å². The standard InChI is InChI=1S/C14H21F2N/c1-4-5-6-14(17-10(2)3)11-7-12(15)9-13(16)8-11/h7-10,14,17H,4-6H2,1-3H3. The van der Waals surface area contributed by atoms with Crippen LogP contribution in [0.5, 0.6) is 0 Å². The van der Waals surface area contributed by atoms with Gasteiger partial charge in [-0.2, -0.15) is 0 Å². The first-order valence-corrected chi connectivity index (χ1v) is 6.25. The van der Waals surface area contributed by atoms with Crippen molar-refractivity contribution in [1.82, 2.24) is 5.32 Å². The smallest absolute Gasteiger partial charge is 0.126 e. The molecule has 1 N–H and O–H groups in total. The van der Waals surface area contributed by atoms with Crippen LogP contribution in [0.25, 0.3) is 0 Å². The topological polar surface area (TPSA) is 12.0 Å². The number of unbranched alkanes of at least 4 members (excludes halogenated alkanes) is 1. The molecule has 3 heteroatoms. The Hall–Kier alpha value is -0.960. The molecule has 0 heterocycles. The monoisotopic (exact) mass is 241 g/mol. The summed E-state index contributed by atoms with van der Waals surface area (Å²) in [6, 6.07) is 4.07. The highest BCUT2D eigenvalue weighted by Crippen LogP contribution is 2.22. The Labute approximate surface area is 102 Å². The molecule has 0 saturated carbocycles. The third-order valence-corrected chi connectivity index (χ3v) is 2.67. The predicted molar refractivity (Wildman–Crippen MR) is 66.9 cm³/mol. The molecule has 0 bridgehead atoms. The molecule has 1 rings (SSSR count). The lowest BCUT2D eigenvalue weighted by atomic mass is 10.00. The number of rotatable bonds is 6.